The van der Waals surface area contributed by atoms with Gasteiger partial charge in [-0.1, -0.05) is 19.7 Å². The van der Waals surface area contributed by atoms with Gasteiger partial charge in [-0.05, 0) is 25.6 Å². The fourth-order valence-corrected chi connectivity index (χ4v) is 0.645. The smallest absolute Gasteiger partial charge is 0.177 e. The van der Waals surface area contributed by atoms with Crippen LogP contribution in [0.5, 0.6) is 0 Å². The standard InChI is InChI=1S/C10H15NO/c1-6-11(9(4)5)7-10(12)8(2)3/h6H,1-2,4,7H2,3,5H3. The normalized spacial score (nSPS) is 8.83. The molecule has 0 rings (SSSR count). The fraction of sp³-hybridized carbons (Fsp3) is 0.300. The number of Topliss-reactive ketones (excluding diaryl/α,β-unsaturated/α-hetero) is 1. The third kappa shape index (κ3) is 3.19. The van der Waals surface area contributed by atoms with Crippen LogP contribution in [0.4, 0.5) is 0 Å². The Morgan fingerprint density at radius 2 is 1.92 bits per heavy atom. The molecule has 66 valence electrons. The summed E-state index contributed by atoms with van der Waals surface area (Å²) in [5.41, 5.74) is 1.36. The van der Waals surface area contributed by atoms with Crippen LogP contribution in [-0.2, 0) is 4.79 Å². The third-order valence-corrected chi connectivity index (χ3v) is 1.50. The molecule has 0 spiro atoms. The van der Waals surface area contributed by atoms with Crippen molar-refractivity contribution in [2.45, 2.75) is 13.8 Å². The van der Waals surface area contributed by atoms with Gasteiger partial charge in [0.25, 0.3) is 0 Å². The van der Waals surface area contributed by atoms with Crippen LogP contribution in [0.2, 0.25) is 0 Å². The molecule has 0 aliphatic heterocycles. The lowest BCUT2D eigenvalue weighted by molar-refractivity contribution is -0.115. The van der Waals surface area contributed by atoms with E-state index < -0.39 is 0 Å². The molecule has 0 bridgehead atoms. The molecule has 0 amide bonds. The van der Waals surface area contributed by atoms with Crippen molar-refractivity contribution in [1.29, 1.82) is 0 Å². The Balaban J connectivity index is 4.22. The number of ketones is 1. The van der Waals surface area contributed by atoms with Crippen LogP contribution in [0, 0.1) is 0 Å². The third-order valence-electron chi connectivity index (χ3n) is 1.50. The van der Waals surface area contributed by atoms with Crippen molar-refractivity contribution in [3.05, 3.63) is 37.2 Å². The zero-order valence-corrected chi connectivity index (χ0v) is 7.76. The molecule has 0 radical (unpaired) electrons. The number of nitrogens with zero attached hydrogens (tertiary/aromatic N) is 1. The van der Waals surface area contributed by atoms with Crippen molar-refractivity contribution in [3.63, 3.8) is 0 Å². The molecule has 12 heavy (non-hydrogen) atoms. The van der Waals surface area contributed by atoms with E-state index in [9.17, 15) is 4.79 Å². The fourth-order valence-electron chi connectivity index (χ4n) is 0.645. The second kappa shape index (κ2) is 4.54. The van der Waals surface area contributed by atoms with Gasteiger partial charge in [-0.25, -0.2) is 0 Å². The van der Waals surface area contributed by atoms with E-state index in [4.69, 9.17) is 0 Å². The Kier molecular flexibility index (Phi) is 4.05. The van der Waals surface area contributed by atoms with Gasteiger partial charge < -0.3 is 4.90 Å². The van der Waals surface area contributed by atoms with Gasteiger partial charge in [-0.2, -0.15) is 0 Å². The van der Waals surface area contributed by atoms with Crippen molar-refractivity contribution in [1.82, 2.24) is 4.90 Å². The summed E-state index contributed by atoms with van der Waals surface area (Å²) in [6, 6.07) is 0. The summed E-state index contributed by atoms with van der Waals surface area (Å²) in [5, 5.41) is 0. The Morgan fingerprint density at radius 1 is 1.42 bits per heavy atom. The molecule has 0 heterocycles. The van der Waals surface area contributed by atoms with Crippen LogP contribution >= 0.6 is 0 Å². The number of carbonyl (C=O) groups excluding carboxylic acids is 1. The average molecular weight is 165 g/mol. The SMILES string of the molecule is C=CN(CC(=O)C(=C)C)C(=C)C. The van der Waals surface area contributed by atoms with Gasteiger partial charge in [-0.15, -0.1) is 0 Å². The number of allylic oxidation sites excluding steroid dienone is 1. The Labute approximate surface area is 73.9 Å². The van der Waals surface area contributed by atoms with Gasteiger partial charge in [0.1, 0.15) is 0 Å². The maximum Gasteiger partial charge on any atom is 0.177 e. The summed E-state index contributed by atoms with van der Waals surface area (Å²) in [6.07, 6.45) is 1.59. The Morgan fingerprint density at radius 3 is 2.17 bits per heavy atom. The van der Waals surface area contributed by atoms with E-state index >= 15 is 0 Å². The summed E-state index contributed by atoms with van der Waals surface area (Å²) in [7, 11) is 0. The molecule has 2 nitrogen and oxygen atoms in total. The molecule has 0 aromatic carbocycles. The molecule has 0 N–H and O–H groups in total. The molecule has 0 saturated carbocycles. The first-order chi connectivity index (χ1) is 5.49. The van der Waals surface area contributed by atoms with Crippen molar-refractivity contribution in [3.8, 4) is 0 Å². The highest BCUT2D eigenvalue weighted by Gasteiger charge is 2.06. The highest BCUT2D eigenvalue weighted by atomic mass is 16.1. The summed E-state index contributed by atoms with van der Waals surface area (Å²) in [6.45, 7) is 14.7. The van der Waals surface area contributed by atoms with Crippen LogP contribution < -0.4 is 0 Å². The molecule has 0 aromatic heterocycles. The number of hydrogen-bond donors (Lipinski definition) is 0. The Hall–Kier alpha value is -1.31. The lowest BCUT2D eigenvalue weighted by Gasteiger charge is -2.18. The second-order valence-corrected chi connectivity index (χ2v) is 2.75. The minimum atomic E-state index is 0.0119. The number of carbonyl (C=O) groups is 1. The zero-order valence-electron chi connectivity index (χ0n) is 7.76. The number of rotatable bonds is 5. The quantitative estimate of drug-likeness (QED) is 0.581. The van der Waals surface area contributed by atoms with Crippen LogP contribution in [0.3, 0.4) is 0 Å². The molecule has 0 aliphatic rings. The topological polar surface area (TPSA) is 20.3 Å². The monoisotopic (exact) mass is 165 g/mol. The van der Waals surface area contributed by atoms with Gasteiger partial charge in [0.15, 0.2) is 5.78 Å². The Bertz CT molecular complexity index is 228. The largest absolute Gasteiger partial charge is 0.345 e. The van der Waals surface area contributed by atoms with E-state index in [2.05, 4.69) is 19.7 Å². The molecular weight excluding hydrogens is 150 g/mol. The first-order valence-electron chi connectivity index (χ1n) is 3.72. The minimum absolute atomic E-state index is 0.0119. The maximum absolute atomic E-state index is 11.2. The van der Waals surface area contributed by atoms with Gasteiger partial charge in [0.05, 0.1) is 6.54 Å². The van der Waals surface area contributed by atoms with Gasteiger partial charge in [-0.3, -0.25) is 4.79 Å². The van der Waals surface area contributed by atoms with E-state index in [-0.39, 0.29) is 12.3 Å². The summed E-state index contributed by atoms with van der Waals surface area (Å²) >= 11 is 0. The van der Waals surface area contributed by atoms with Crippen molar-refractivity contribution in [2.24, 2.45) is 0 Å². The molecule has 0 fully saturated rings. The first kappa shape index (κ1) is 10.7. The second-order valence-electron chi connectivity index (χ2n) is 2.75. The van der Waals surface area contributed by atoms with Crippen LogP contribution in [-0.4, -0.2) is 17.2 Å². The van der Waals surface area contributed by atoms with E-state index in [1.165, 1.54) is 0 Å². The van der Waals surface area contributed by atoms with Crippen molar-refractivity contribution < 1.29 is 4.79 Å². The highest BCUT2D eigenvalue weighted by Crippen LogP contribution is 2.02. The van der Waals surface area contributed by atoms with Crippen LogP contribution in [0.25, 0.3) is 0 Å². The van der Waals surface area contributed by atoms with Gasteiger partial charge >= 0.3 is 0 Å². The molecule has 0 aromatic rings. The molecule has 2 heteroatoms. The average Bonchev–Trinajstić information content (AvgIpc) is 1.98. The zero-order chi connectivity index (χ0) is 9.72. The lowest BCUT2D eigenvalue weighted by Crippen LogP contribution is -2.23. The summed E-state index contributed by atoms with van der Waals surface area (Å²) in [4.78, 5) is 12.9. The summed E-state index contributed by atoms with van der Waals surface area (Å²) in [5.74, 6) is 0.0119. The van der Waals surface area contributed by atoms with E-state index in [1.54, 1.807) is 18.0 Å². The van der Waals surface area contributed by atoms with Crippen molar-refractivity contribution in [2.75, 3.05) is 6.54 Å². The van der Waals surface area contributed by atoms with E-state index in [0.29, 0.717) is 5.57 Å². The van der Waals surface area contributed by atoms with Crippen LogP contribution in [0.1, 0.15) is 13.8 Å². The number of hydrogen-bond acceptors (Lipinski definition) is 2. The van der Waals surface area contributed by atoms with Crippen molar-refractivity contribution >= 4 is 5.78 Å². The van der Waals surface area contributed by atoms with Gasteiger partial charge in [0, 0.05) is 5.70 Å². The van der Waals surface area contributed by atoms with Gasteiger partial charge in [0.2, 0.25) is 0 Å². The summed E-state index contributed by atoms with van der Waals surface area (Å²) < 4.78 is 0. The molecular formula is C10H15NO. The lowest BCUT2D eigenvalue weighted by atomic mass is 10.2. The van der Waals surface area contributed by atoms with Crippen LogP contribution in [0.15, 0.2) is 37.2 Å². The first-order valence-corrected chi connectivity index (χ1v) is 3.72. The van der Waals surface area contributed by atoms with E-state index in [0.717, 1.165) is 5.70 Å². The molecule has 0 saturated heterocycles. The molecule has 0 unspecified atom stereocenters. The minimum Gasteiger partial charge on any atom is -0.345 e. The highest BCUT2D eigenvalue weighted by molar-refractivity contribution is 5.95. The predicted molar refractivity (Wildman–Crippen MR) is 51.5 cm³/mol. The predicted octanol–water partition coefficient (Wildman–Crippen LogP) is 2.11. The molecule has 0 aliphatic carbocycles. The molecule has 0 atom stereocenters. The van der Waals surface area contributed by atoms with E-state index in [1.807, 2.05) is 6.92 Å². The maximum atomic E-state index is 11.2.